The molecule has 0 unspecified atom stereocenters. The molecule has 5 rings (SSSR count). The van der Waals surface area contributed by atoms with E-state index in [2.05, 4.69) is 6.58 Å². The maximum Gasteiger partial charge on any atom is 0.203 e. The number of benzene rings is 2. The lowest BCUT2D eigenvalue weighted by atomic mass is 9.59. The van der Waals surface area contributed by atoms with E-state index in [4.69, 9.17) is 14.2 Å². The normalized spacial score (nSPS) is 24.2. The molecule has 8 nitrogen and oxygen atoms in total. The molecule has 0 heterocycles. The number of carbonyl (C=O) groups is 2. The summed E-state index contributed by atoms with van der Waals surface area (Å²) >= 11 is 0. The van der Waals surface area contributed by atoms with Crippen LogP contribution in [0.2, 0.25) is 0 Å². The van der Waals surface area contributed by atoms with Crippen LogP contribution in [0, 0.1) is 11.8 Å². The number of Topliss-reactive ketones (excluding diaryl/α,β-unsaturated/α-hetero) is 2. The van der Waals surface area contributed by atoms with Gasteiger partial charge in [-0.3, -0.25) is 9.59 Å². The Morgan fingerprint density at radius 3 is 2.23 bits per heavy atom. The van der Waals surface area contributed by atoms with Gasteiger partial charge in [-0.2, -0.15) is 0 Å². The zero-order chi connectivity index (χ0) is 28.4. The number of aromatic hydroxyl groups is 1. The van der Waals surface area contributed by atoms with Crippen molar-refractivity contribution in [1.29, 1.82) is 0 Å². The van der Waals surface area contributed by atoms with Crippen LogP contribution in [0.5, 0.6) is 23.0 Å². The van der Waals surface area contributed by atoms with E-state index in [0.717, 1.165) is 5.57 Å². The number of phenolic OH excluding ortho intramolecular Hbond substituents is 1. The van der Waals surface area contributed by atoms with Gasteiger partial charge in [0.1, 0.15) is 11.5 Å². The fraction of sp³-hybridized carbons (Fsp3) is 0.355. The number of fused-ring (bicyclic) bond motifs is 3. The maximum atomic E-state index is 13.9. The van der Waals surface area contributed by atoms with Crippen LogP contribution in [0.4, 0.5) is 0 Å². The molecule has 2 aromatic rings. The first-order valence-electron chi connectivity index (χ1n) is 12.8. The second-order valence-corrected chi connectivity index (χ2v) is 10.6. The predicted molar refractivity (Wildman–Crippen MR) is 145 cm³/mol. The second kappa shape index (κ2) is 9.31. The first-order chi connectivity index (χ1) is 18.5. The van der Waals surface area contributed by atoms with Crippen molar-refractivity contribution in [2.75, 3.05) is 21.3 Å². The van der Waals surface area contributed by atoms with Crippen molar-refractivity contribution < 1.29 is 39.1 Å². The van der Waals surface area contributed by atoms with Crippen LogP contribution in [0.3, 0.4) is 0 Å². The van der Waals surface area contributed by atoms with E-state index in [9.17, 15) is 24.9 Å². The highest BCUT2D eigenvalue weighted by Gasteiger charge is 2.58. The number of aliphatic hydroxyl groups is 2. The van der Waals surface area contributed by atoms with Crippen LogP contribution in [0.1, 0.15) is 42.6 Å². The summed E-state index contributed by atoms with van der Waals surface area (Å²) in [7, 11) is 4.54. The van der Waals surface area contributed by atoms with E-state index >= 15 is 0 Å². The Morgan fingerprint density at radius 2 is 1.67 bits per heavy atom. The number of aliphatic hydroxyl groups excluding tert-OH is 1. The van der Waals surface area contributed by atoms with Crippen LogP contribution < -0.4 is 14.2 Å². The average Bonchev–Trinajstić information content (AvgIpc) is 2.89. The van der Waals surface area contributed by atoms with Crippen molar-refractivity contribution in [3.8, 4) is 34.1 Å². The van der Waals surface area contributed by atoms with E-state index in [1.807, 2.05) is 6.92 Å². The smallest absolute Gasteiger partial charge is 0.203 e. The average molecular weight is 533 g/mol. The molecule has 0 aliphatic heterocycles. The Hall–Kier alpha value is -4.04. The topological polar surface area (TPSA) is 123 Å². The standard InChI is InChI=1S/C31H32O8/c1-14(2)24-15(3)9-18-10-17-11-20-19(16-12-22(37-4)28(39-6)23(13-16)38-5)7-8-21(32)26(20)27(33)25(17)30(35)31(18,36)29(24)34/h7-8,12-13,17-18,32,35-36H,1,9-11H2,2-6H3/t17-,18-,31-/m1/s1. The lowest BCUT2D eigenvalue weighted by Crippen LogP contribution is -2.56. The monoisotopic (exact) mass is 532 g/mol. The summed E-state index contributed by atoms with van der Waals surface area (Å²) < 4.78 is 16.5. The highest BCUT2D eigenvalue weighted by Crippen LogP contribution is 2.53. The SMILES string of the molecule is C=C(C)C1=C(C)C[C@@H]2C[C@@H]3Cc4c(-c5cc(OC)c(OC)c(OC)c5)ccc(O)c4C(=O)C3=C(O)[C@]2(O)C1=O. The highest BCUT2D eigenvalue weighted by atomic mass is 16.5. The number of carbonyl (C=O) groups excluding carboxylic acids is 2. The van der Waals surface area contributed by atoms with Crippen molar-refractivity contribution in [2.45, 2.75) is 38.7 Å². The fourth-order valence-corrected chi connectivity index (χ4v) is 6.63. The van der Waals surface area contributed by atoms with Gasteiger partial charge in [0.25, 0.3) is 0 Å². The summed E-state index contributed by atoms with van der Waals surface area (Å²) in [6.45, 7) is 7.39. The number of hydrogen-bond acceptors (Lipinski definition) is 8. The van der Waals surface area contributed by atoms with Gasteiger partial charge in [0.2, 0.25) is 11.5 Å². The van der Waals surface area contributed by atoms with Crippen molar-refractivity contribution in [3.63, 3.8) is 0 Å². The summed E-state index contributed by atoms with van der Waals surface area (Å²) in [4.78, 5) is 27.4. The summed E-state index contributed by atoms with van der Waals surface area (Å²) in [6.07, 6.45) is 1.02. The van der Waals surface area contributed by atoms with Crippen molar-refractivity contribution >= 4 is 11.6 Å². The van der Waals surface area contributed by atoms with Gasteiger partial charge in [-0.1, -0.05) is 18.2 Å². The van der Waals surface area contributed by atoms with Crippen LogP contribution in [-0.4, -0.2) is 53.8 Å². The highest BCUT2D eigenvalue weighted by molar-refractivity contribution is 6.16. The molecule has 0 bridgehead atoms. The third-order valence-corrected chi connectivity index (χ3v) is 8.35. The van der Waals surface area contributed by atoms with Crippen LogP contribution >= 0.6 is 0 Å². The van der Waals surface area contributed by atoms with Crippen molar-refractivity contribution in [1.82, 2.24) is 0 Å². The molecule has 204 valence electrons. The molecule has 2 aromatic carbocycles. The third kappa shape index (κ3) is 3.69. The predicted octanol–water partition coefficient (Wildman–Crippen LogP) is 4.87. The molecule has 8 heteroatoms. The number of phenols is 1. The molecule has 39 heavy (non-hydrogen) atoms. The van der Waals surface area contributed by atoms with Gasteiger partial charge < -0.3 is 29.5 Å². The molecule has 0 amide bonds. The quantitative estimate of drug-likeness (QED) is 0.499. The van der Waals surface area contributed by atoms with E-state index in [-0.39, 0.29) is 16.9 Å². The Morgan fingerprint density at radius 1 is 1.03 bits per heavy atom. The molecule has 0 saturated heterocycles. The molecule has 0 fully saturated rings. The Labute approximate surface area is 226 Å². The molecule has 3 aliphatic carbocycles. The number of methoxy groups -OCH3 is 3. The van der Waals surface area contributed by atoms with Gasteiger partial charge in [0, 0.05) is 17.1 Å². The number of hydrogen-bond donors (Lipinski definition) is 3. The first-order valence-corrected chi connectivity index (χ1v) is 12.8. The van der Waals surface area contributed by atoms with Crippen molar-refractivity contribution in [3.05, 3.63) is 70.0 Å². The number of rotatable bonds is 5. The minimum absolute atomic E-state index is 0.0208. The molecular formula is C31H32O8. The molecular weight excluding hydrogens is 500 g/mol. The molecule has 0 spiro atoms. The molecule has 3 N–H and O–H groups in total. The van der Waals surface area contributed by atoms with E-state index in [1.165, 1.54) is 27.4 Å². The first kappa shape index (κ1) is 26.6. The van der Waals surface area contributed by atoms with Crippen LogP contribution in [0.15, 0.2) is 58.9 Å². The van der Waals surface area contributed by atoms with Crippen molar-refractivity contribution in [2.24, 2.45) is 11.8 Å². The van der Waals surface area contributed by atoms with Crippen LogP contribution in [0.25, 0.3) is 11.1 Å². The van der Waals surface area contributed by atoms with Gasteiger partial charge in [-0.05, 0) is 79.5 Å². The van der Waals surface area contributed by atoms with Gasteiger partial charge >= 0.3 is 0 Å². The molecule has 3 atom stereocenters. The van der Waals surface area contributed by atoms with E-state index in [0.29, 0.717) is 64.3 Å². The number of allylic oxidation sites excluding steroid dienone is 3. The maximum absolute atomic E-state index is 13.9. The minimum atomic E-state index is -2.21. The zero-order valence-corrected chi connectivity index (χ0v) is 22.7. The summed E-state index contributed by atoms with van der Waals surface area (Å²) in [5.41, 5.74) is 1.40. The molecule has 0 aromatic heterocycles. The molecule has 0 radical (unpaired) electrons. The van der Waals surface area contributed by atoms with Gasteiger partial charge in [0.15, 0.2) is 22.9 Å². The minimum Gasteiger partial charge on any atom is -0.508 e. The van der Waals surface area contributed by atoms with E-state index in [1.54, 1.807) is 25.1 Å². The summed E-state index contributed by atoms with van der Waals surface area (Å²) in [6, 6.07) is 6.69. The molecule has 3 aliphatic rings. The lowest BCUT2D eigenvalue weighted by Gasteiger charge is -2.46. The lowest BCUT2D eigenvalue weighted by molar-refractivity contribution is -0.141. The Kier molecular flexibility index (Phi) is 6.34. The Balaban J connectivity index is 1.69. The zero-order valence-electron chi connectivity index (χ0n) is 22.7. The van der Waals surface area contributed by atoms with E-state index < -0.39 is 34.8 Å². The van der Waals surface area contributed by atoms with Gasteiger partial charge in [-0.25, -0.2) is 0 Å². The summed E-state index contributed by atoms with van der Waals surface area (Å²) in [5, 5.41) is 33.9. The fourth-order valence-electron chi connectivity index (χ4n) is 6.63. The largest absolute Gasteiger partial charge is 0.508 e. The Bertz CT molecular complexity index is 1490. The van der Waals surface area contributed by atoms with Gasteiger partial charge in [-0.15, -0.1) is 0 Å². The number of ketones is 2. The van der Waals surface area contributed by atoms with Crippen LogP contribution in [-0.2, 0) is 11.2 Å². The number of ether oxygens (including phenoxy) is 3. The second-order valence-electron chi connectivity index (χ2n) is 10.6. The third-order valence-electron chi connectivity index (χ3n) is 8.35. The molecule has 0 saturated carbocycles. The van der Waals surface area contributed by atoms with Gasteiger partial charge in [0.05, 0.1) is 26.9 Å². The summed E-state index contributed by atoms with van der Waals surface area (Å²) in [5.74, 6) is -1.85.